The van der Waals surface area contributed by atoms with Gasteiger partial charge >= 0.3 is 6.18 Å². The third-order valence-electron chi connectivity index (χ3n) is 1.23. The Hall–Kier alpha value is -1.00. The highest BCUT2D eigenvalue weighted by Gasteiger charge is 2.42. The minimum Gasteiger partial charge on any atom is -0.203 e. The lowest BCUT2D eigenvalue weighted by Gasteiger charge is -2.23. The molecule has 62 valence electrons. The molecule has 5 heteroatoms. The zero-order valence-electron chi connectivity index (χ0n) is 5.35. The highest BCUT2D eigenvalue weighted by molar-refractivity contribution is 5.13. The van der Waals surface area contributed by atoms with Gasteiger partial charge in [0.1, 0.15) is 0 Å². The van der Waals surface area contributed by atoms with Crippen LogP contribution in [0.25, 0.3) is 0 Å². The summed E-state index contributed by atoms with van der Waals surface area (Å²) < 4.78 is 47.8. The molecule has 1 aliphatic heterocycles. The molecule has 1 atom stereocenters. The van der Waals surface area contributed by atoms with E-state index in [1.807, 2.05) is 0 Å². The lowest BCUT2D eigenvalue weighted by molar-refractivity contribution is -0.191. The maximum atomic E-state index is 12.3. The summed E-state index contributed by atoms with van der Waals surface area (Å²) in [6, 6.07) is -2.13. The third-order valence-corrected chi connectivity index (χ3v) is 1.23. The SMILES string of the molecule is FN1C=CC=CC1C(F)(F)F. The number of nitrogens with zero attached hydrogens (tertiary/aromatic N) is 1. The van der Waals surface area contributed by atoms with E-state index in [0.717, 1.165) is 18.4 Å². The largest absolute Gasteiger partial charge is 0.415 e. The monoisotopic (exact) mass is 167 g/mol. The van der Waals surface area contributed by atoms with Crippen LogP contribution in [0.5, 0.6) is 0 Å². The van der Waals surface area contributed by atoms with E-state index in [0.29, 0.717) is 0 Å². The van der Waals surface area contributed by atoms with Gasteiger partial charge in [-0.25, -0.2) is 5.12 Å². The normalized spacial score (nSPS) is 24.4. The number of halogens is 4. The van der Waals surface area contributed by atoms with Crippen LogP contribution in [0.15, 0.2) is 24.4 Å². The molecule has 0 aliphatic carbocycles. The average molecular weight is 167 g/mol. The van der Waals surface area contributed by atoms with Gasteiger partial charge in [0.05, 0.1) is 0 Å². The number of allylic oxidation sites excluding steroid dienone is 2. The quantitative estimate of drug-likeness (QED) is 0.395. The van der Waals surface area contributed by atoms with Gasteiger partial charge < -0.3 is 0 Å². The van der Waals surface area contributed by atoms with Crippen molar-refractivity contribution in [3.8, 4) is 0 Å². The van der Waals surface area contributed by atoms with E-state index < -0.39 is 12.2 Å². The molecule has 1 heterocycles. The molecule has 0 N–H and O–H groups in total. The molecule has 0 amide bonds. The van der Waals surface area contributed by atoms with Crippen molar-refractivity contribution in [1.29, 1.82) is 0 Å². The summed E-state index contributed by atoms with van der Waals surface area (Å²) in [4.78, 5) is 0. The molecule has 0 aromatic carbocycles. The molecular formula is C6H5F4N. The van der Waals surface area contributed by atoms with Gasteiger partial charge in [0.25, 0.3) is 0 Å². The van der Waals surface area contributed by atoms with Crippen LogP contribution in [0.3, 0.4) is 0 Å². The second-order valence-corrected chi connectivity index (χ2v) is 2.06. The summed E-state index contributed by atoms with van der Waals surface area (Å²) in [7, 11) is 0. The van der Waals surface area contributed by atoms with Crippen molar-refractivity contribution in [2.75, 3.05) is 0 Å². The summed E-state index contributed by atoms with van der Waals surface area (Å²) in [5.74, 6) is 0. The standard InChI is InChI=1S/C6H5F4N/c7-6(8,9)5-3-1-2-4-11(5)10/h1-5H. The second-order valence-electron chi connectivity index (χ2n) is 2.06. The number of hydrogen-bond acceptors (Lipinski definition) is 1. The van der Waals surface area contributed by atoms with Crippen molar-refractivity contribution in [3.63, 3.8) is 0 Å². The first kappa shape index (κ1) is 8.10. The van der Waals surface area contributed by atoms with Crippen LogP contribution in [-0.4, -0.2) is 17.3 Å². The van der Waals surface area contributed by atoms with Crippen LogP contribution < -0.4 is 0 Å². The van der Waals surface area contributed by atoms with E-state index in [1.54, 1.807) is 0 Å². The third kappa shape index (κ3) is 1.72. The fraction of sp³-hybridized carbons (Fsp3) is 0.333. The van der Waals surface area contributed by atoms with E-state index in [2.05, 4.69) is 0 Å². The summed E-state index contributed by atoms with van der Waals surface area (Å²) in [5, 5.41) is -0.375. The Labute approximate surface area is 60.5 Å². The number of hydrogen-bond donors (Lipinski definition) is 0. The molecule has 0 fully saturated rings. The topological polar surface area (TPSA) is 3.24 Å². The van der Waals surface area contributed by atoms with Crippen LogP contribution in [0.2, 0.25) is 0 Å². The molecule has 11 heavy (non-hydrogen) atoms. The Kier molecular flexibility index (Phi) is 1.89. The van der Waals surface area contributed by atoms with E-state index in [9.17, 15) is 17.7 Å². The lowest BCUT2D eigenvalue weighted by Crippen LogP contribution is -2.37. The van der Waals surface area contributed by atoms with Crippen LogP contribution in [0.1, 0.15) is 0 Å². The van der Waals surface area contributed by atoms with E-state index in [4.69, 9.17) is 0 Å². The summed E-state index contributed by atoms with van der Waals surface area (Å²) in [6.45, 7) is 0. The lowest BCUT2D eigenvalue weighted by atomic mass is 10.2. The smallest absolute Gasteiger partial charge is 0.203 e. The molecule has 0 radical (unpaired) electrons. The molecule has 1 nitrogen and oxygen atoms in total. The first-order valence-corrected chi connectivity index (χ1v) is 2.87. The van der Waals surface area contributed by atoms with E-state index in [-0.39, 0.29) is 5.12 Å². The summed E-state index contributed by atoms with van der Waals surface area (Å²) >= 11 is 0. The van der Waals surface area contributed by atoms with Crippen LogP contribution in [0.4, 0.5) is 17.7 Å². The maximum Gasteiger partial charge on any atom is 0.415 e. The highest BCUT2D eigenvalue weighted by Crippen LogP contribution is 2.27. The minimum absolute atomic E-state index is 0.375. The Morgan fingerprint density at radius 2 is 1.82 bits per heavy atom. The molecule has 0 aromatic heterocycles. The zero-order valence-corrected chi connectivity index (χ0v) is 5.35. The van der Waals surface area contributed by atoms with Gasteiger partial charge in [-0.2, -0.15) is 13.2 Å². The molecule has 1 rings (SSSR count). The molecule has 1 unspecified atom stereocenters. The summed E-state index contributed by atoms with van der Waals surface area (Å²) in [6.07, 6.45) is -0.704. The Bertz CT molecular complexity index is 193. The fourth-order valence-corrected chi connectivity index (χ4v) is 0.725. The second kappa shape index (κ2) is 2.56. The van der Waals surface area contributed by atoms with Crippen molar-refractivity contribution >= 4 is 0 Å². The fourth-order valence-electron chi connectivity index (χ4n) is 0.725. The molecule has 0 aromatic rings. The maximum absolute atomic E-state index is 12.3. The molecular weight excluding hydrogens is 162 g/mol. The number of alkyl halides is 3. The summed E-state index contributed by atoms with van der Waals surface area (Å²) in [5.41, 5.74) is 0. The van der Waals surface area contributed by atoms with Gasteiger partial charge in [-0.05, 0) is 6.08 Å². The van der Waals surface area contributed by atoms with Crippen molar-refractivity contribution < 1.29 is 17.7 Å². The molecule has 0 saturated carbocycles. The van der Waals surface area contributed by atoms with Gasteiger partial charge in [0.15, 0.2) is 6.04 Å². The van der Waals surface area contributed by atoms with Gasteiger partial charge in [-0.15, -0.1) is 0 Å². The van der Waals surface area contributed by atoms with E-state index >= 15 is 0 Å². The Balaban J connectivity index is 2.74. The van der Waals surface area contributed by atoms with Gasteiger partial charge in [0, 0.05) is 6.20 Å². The molecule has 0 saturated heterocycles. The Morgan fingerprint density at radius 3 is 2.18 bits per heavy atom. The van der Waals surface area contributed by atoms with Crippen LogP contribution in [-0.2, 0) is 0 Å². The van der Waals surface area contributed by atoms with Crippen molar-refractivity contribution in [1.82, 2.24) is 5.12 Å². The first-order chi connectivity index (χ1) is 5.02. The predicted octanol–water partition coefficient (Wildman–Crippen LogP) is 2.19. The number of rotatable bonds is 0. The van der Waals surface area contributed by atoms with E-state index in [1.165, 1.54) is 6.08 Å². The highest BCUT2D eigenvalue weighted by atomic mass is 19.4. The van der Waals surface area contributed by atoms with Crippen molar-refractivity contribution in [3.05, 3.63) is 24.4 Å². The minimum atomic E-state index is -4.55. The van der Waals surface area contributed by atoms with Gasteiger partial charge in [0.2, 0.25) is 0 Å². The molecule has 0 spiro atoms. The zero-order chi connectivity index (χ0) is 8.48. The average Bonchev–Trinajstić information content (AvgIpc) is 1.86. The Morgan fingerprint density at radius 1 is 1.18 bits per heavy atom. The van der Waals surface area contributed by atoms with Crippen molar-refractivity contribution in [2.24, 2.45) is 0 Å². The van der Waals surface area contributed by atoms with Gasteiger partial charge in [-0.3, -0.25) is 0 Å². The van der Waals surface area contributed by atoms with Crippen LogP contribution in [0, 0.1) is 0 Å². The molecule has 0 bridgehead atoms. The first-order valence-electron chi connectivity index (χ1n) is 2.87. The van der Waals surface area contributed by atoms with Crippen LogP contribution >= 0.6 is 0 Å². The van der Waals surface area contributed by atoms with Gasteiger partial charge in [-0.1, -0.05) is 16.6 Å². The van der Waals surface area contributed by atoms with Crippen molar-refractivity contribution in [2.45, 2.75) is 12.2 Å². The molecule has 1 aliphatic rings. The predicted molar refractivity (Wildman–Crippen MR) is 31.1 cm³/mol.